The summed E-state index contributed by atoms with van der Waals surface area (Å²) < 4.78 is 93.7. The lowest BCUT2D eigenvalue weighted by Gasteiger charge is -2.14. The van der Waals surface area contributed by atoms with E-state index in [-0.39, 0.29) is 20.7 Å². The number of imidazole rings is 1. The molecule has 0 fully saturated rings. The number of nitrogens with zero attached hydrogens (tertiary/aromatic N) is 4. The van der Waals surface area contributed by atoms with Gasteiger partial charge >= 0.3 is 18.0 Å². The molecule has 0 aliphatic rings. The summed E-state index contributed by atoms with van der Waals surface area (Å²) in [6.45, 7) is -0.629. The van der Waals surface area contributed by atoms with Crippen LogP contribution >= 0.6 is 0 Å². The summed E-state index contributed by atoms with van der Waals surface area (Å²) in [4.78, 5) is 27.8. The van der Waals surface area contributed by atoms with Crippen molar-refractivity contribution in [1.82, 2.24) is 18.7 Å². The Morgan fingerprint density at radius 2 is 1.70 bits per heavy atom. The van der Waals surface area contributed by atoms with Gasteiger partial charge in [0.15, 0.2) is 0 Å². The first-order valence-corrected chi connectivity index (χ1v) is 7.88. The summed E-state index contributed by atoms with van der Waals surface area (Å²) in [5.74, 6) is -0.817. The molecule has 0 atom stereocenters. The molecular weight excluding hydrogens is 425 g/mol. The van der Waals surface area contributed by atoms with Crippen molar-refractivity contribution < 1.29 is 30.7 Å². The minimum absolute atomic E-state index is 0.0739. The average molecular weight is 434 g/mol. The van der Waals surface area contributed by atoms with E-state index in [1.54, 1.807) is 0 Å². The molecule has 2 heterocycles. The molecule has 0 saturated heterocycles. The van der Waals surface area contributed by atoms with Gasteiger partial charge in [-0.1, -0.05) is 5.92 Å². The highest BCUT2D eigenvalue weighted by molar-refractivity contribution is 5.79. The second kappa shape index (κ2) is 6.75. The van der Waals surface area contributed by atoms with Crippen LogP contribution in [0.1, 0.15) is 11.5 Å². The molecule has 0 aliphatic carbocycles. The number of halogens is 7. The maximum atomic E-state index is 14.6. The van der Waals surface area contributed by atoms with E-state index in [0.717, 1.165) is 0 Å². The van der Waals surface area contributed by atoms with Crippen molar-refractivity contribution in [2.45, 2.75) is 18.9 Å². The van der Waals surface area contributed by atoms with Gasteiger partial charge in [0.05, 0.1) is 23.3 Å². The molecule has 0 unspecified atom stereocenters. The van der Waals surface area contributed by atoms with Gasteiger partial charge in [-0.05, 0) is 6.07 Å². The van der Waals surface area contributed by atoms with E-state index < -0.39 is 58.7 Å². The molecule has 0 amide bonds. The normalized spacial score (nSPS) is 12.4. The lowest BCUT2D eigenvalue weighted by atomic mass is 10.2. The smallest absolute Gasteiger partial charge is 0.308 e. The van der Waals surface area contributed by atoms with Crippen molar-refractivity contribution >= 4 is 11.0 Å². The summed E-state index contributed by atoms with van der Waals surface area (Å²) >= 11 is 0. The zero-order valence-electron chi connectivity index (χ0n) is 14.8. The molecule has 13 heteroatoms. The van der Waals surface area contributed by atoms with Crippen LogP contribution in [0.15, 0.2) is 27.8 Å². The Morgan fingerprint density at radius 1 is 1.07 bits per heavy atom. The van der Waals surface area contributed by atoms with Crippen molar-refractivity contribution in [2.75, 3.05) is 0 Å². The van der Waals surface area contributed by atoms with Crippen LogP contribution in [0.4, 0.5) is 30.7 Å². The summed E-state index contributed by atoms with van der Waals surface area (Å²) in [5, 5.41) is 0. The highest BCUT2D eigenvalue weighted by Gasteiger charge is 2.38. The molecule has 0 saturated carbocycles. The van der Waals surface area contributed by atoms with Gasteiger partial charge < -0.3 is 4.57 Å². The molecule has 3 aromatic rings. The highest BCUT2D eigenvalue weighted by atomic mass is 19.4. The minimum Gasteiger partial charge on any atom is -0.308 e. The zero-order valence-corrected chi connectivity index (χ0v) is 14.8. The fourth-order valence-corrected chi connectivity index (χ4v) is 2.89. The number of alkyl halides is 6. The van der Waals surface area contributed by atoms with E-state index in [1.807, 2.05) is 5.92 Å². The van der Waals surface area contributed by atoms with E-state index in [2.05, 4.69) is 4.98 Å². The van der Waals surface area contributed by atoms with Crippen LogP contribution in [0, 0.1) is 18.2 Å². The molecule has 0 aliphatic heterocycles. The minimum atomic E-state index is -5.04. The number of fused-ring (bicyclic) bond motifs is 1. The maximum Gasteiger partial charge on any atom is 0.449 e. The number of aromatic nitrogens is 4. The predicted octanol–water partition coefficient (Wildman–Crippen LogP) is 2.70. The lowest BCUT2D eigenvalue weighted by Crippen LogP contribution is -2.41. The molecule has 1 aromatic carbocycles. The van der Waals surface area contributed by atoms with Crippen LogP contribution in [0.5, 0.6) is 0 Å². The van der Waals surface area contributed by atoms with Gasteiger partial charge in [0.25, 0.3) is 5.56 Å². The fraction of sp³-hybridized carbons (Fsp3) is 0.235. The Morgan fingerprint density at radius 3 is 2.23 bits per heavy atom. The van der Waals surface area contributed by atoms with Gasteiger partial charge in [-0.25, -0.2) is 18.7 Å². The van der Waals surface area contributed by atoms with E-state index in [4.69, 9.17) is 6.42 Å². The van der Waals surface area contributed by atoms with E-state index in [0.29, 0.717) is 23.7 Å². The summed E-state index contributed by atoms with van der Waals surface area (Å²) in [5.41, 5.74) is -6.35. The predicted molar refractivity (Wildman–Crippen MR) is 89.4 cm³/mol. The van der Waals surface area contributed by atoms with Crippen LogP contribution in [-0.4, -0.2) is 18.7 Å². The molecule has 158 valence electrons. The molecule has 30 heavy (non-hydrogen) atoms. The highest BCUT2D eigenvalue weighted by Crippen LogP contribution is 2.33. The van der Waals surface area contributed by atoms with E-state index in [9.17, 15) is 40.3 Å². The second-order valence-electron chi connectivity index (χ2n) is 6.06. The zero-order chi connectivity index (χ0) is 22.6. The fourth-order valence-electron chi connectivity index (χ4n) is 2.89. The SMILES string of the molecule is C#CCn1c(C(F)(F)F)nc2cc(F)c(-n3c(=O)cc(C(F)(F)F)n(C)c3=O)cc21. The van der Waals surface area contributed by atoms with Crippen molar-refractivity contribution in [1.29, 1.82) is 0 Å². The third-order valence-corrected chi connectivity index (χ3v) is 4.17. The Labute approximate surface area is 161 Å². The number of benzene rings is 1. The van der Waals surface area contributed by atoms with Gasteiger partial charge in [-0.2, -0.15) is 26.3 Å². The van der Waals surface area contributed by atoms with Gasteiger partial charge in [0, 0.05) is 19.2 Å². The topological polar surface area (TPSA) is 61.8 Å². The average Bonchev–Trinajstić information content (AvgIpc) is 2.95. The Kier molecular flexibility index (Phi) is 4.76. The molecule has 0 N–H and O–H groups in total. The number of hydrogen-bond donors (Lipinski definition) is 0. The largest absolute Gasteiger partial charge is 0.449 e. The van der Waals surface area contributed by atoms with Gasteiger partial charge in [0.1, 0.15) is 11.5 Å². The molecule has 0 spiro atoms. The summed E-state index contributed by atoms with van der Waals surface area (Å²) in [6.07, 6.45) is -4.92. The standard InChI is InChI=1S/C17H9F7N4O2/c1-3-4-27-11-6-10(8(18)5-9(11)25-14(27)17(22,23)24)28-13(29)7-12(16(19,20)21)26(2)15(28)30/h1,5-7H,4H2,2H3. The van der Waals surface area contributed by atoms with Crippen LogP contribution in [-0.2, 0) is 25.9 Å². The number of hydrogen-bond acceptors (Lipinski definition) is 3. The van der Waals surface area contributed by atoms with Crippen LogP contribution < -0.4 is 11.2 Å². The first-order valence-electron chi connectivity index (χ1n) is 7.88. The van der Waals surface area contributed by atoms with Crippen molar-refractivity contribution in [2.24, 2.45) is 7.05 Å². The van der Waals surface area contributed by atoms with Gasteiger partial charge in [-0.15, -0.1) is 6.42 Å². The third kappa shape index (κ3) is 3.34. The van der Waals surface area contributed by atoms with Crippen molar-refractivity contribution in [3.63, 3.8) is 0 Å². The first-order chi connectivity index (χ1) is 13.8. The number of terminal acetylenes is 1. The van der Waals surface area contributed by atoms with Gasteiger partial charge in [0.2, 0.25) is 5.82 Å². The molecule has 6 nitrogen and oxygen atoms in total. The molecule has 0 bridgehead atoms. The lowest BCUT2D eigenvalue weighted by molar-refractivity contribution is -0.146. The quantitative estimate of drug-likeness (QED) is 0.461. The third-order valence-electron chi connectivity index (χ3n) is 4.17. The van der Waals surface area contributed by atoms with E-state index in [1.165, 1.54) is 0 Å². The Bertz CT molecular complexity index is 1320. The first kappa shape index (κ1) is 21.2. The summed E-state index contributed by atoms with van der Waals surface area (Å²) in [6, 6.07) is 1.29. The molecule has 2 aromatic heterocycles. The van der Waals surface area contributed by atoms with Crippen molar-refractivity contribution in [3.05, 3.63) is 56.4 Å². The van der Waals surface area contributed by atoms with Crippen LogP contribution in [0.25, 0.3) is 16.7 Å². The maximum absolute atomic E-state index is 14.6. The number of rotatable bonds is 2. The van der Waals surface area contributed by atoms with Crippen LogP contribution in [0.2, 0.25) is 0 Å². The van der Waals surface area contributed by atoms with Gasteiger partial charge in [-0.3, -0.25) is 9.36 Å². The van der Waals surface area contributed by atoms with Crippen LogP contribution in [0.3, 0.4) is 0 Å². The second-order valence-corrected chi connectivity index (χ2v) is 6.06. The van der Waals surface area contributed by atoms with Crippen molar-refractivity contribution in [3.8, 4) is 18.0 Å². The summed E-state index contributed by atoms with van der Waals surface area (Å²) in [7, 11) is 0.710. The molecule has 0 radical (unpaired) electrons. The Balaban J connectivity index is 2.39. The van der Waals surface area contributed by atoms with E-state index >= 15 is 0 Å². The molecule has 3 rings (SSSR count). The molecular formula is C17H9F7N4O2. The Hall–Kier alpha value is -3.56. The monoisotopic (exact) mass is 434 g/mol.